The van der Waals surface area contributed by atoms with Gasteiger partial charge in [-0.1, -0.05) is 80.4 Å². The molecule has 1 aliphatic heterocycles. The van der Waals surface area contributed by atoms with E-state index in [1.165, 1.54) is 35.3 Å². The van der Waals surface area contributed by atoms with E-state index in [9.17, 15) is 5.21 Å². The molecule has 0 saturated heterocycles. The summed E-state index contributed by atoms with van der Waals surface area (Å²) >= 11 is 1.87. The van der Waals surface area contributed by atoms with Crippen LogP contribution < -0.4 is 16.0 Å². The topological polar surface area (TPSA) is 67.5 Å². The molecule has 3 atom stereocenters. The van der Waals surface area contributed by atoms with Crippen molar-refractivity contribution in [3.05, 3.63) is 95.6 Å². The quantitative estimate of drug-likeness (QED) is 0.238. The van der Waals surface area contributed by atoms with Gasteiger partial charge >= 0.3 is 0 Å². The Balaban J connectivity index is 0.000000454. The second kappa shape index (κ2) is 13.4. The maximum Gasteiger partial charge on any atom is 0.119 e. The summed E-state index contributed by atoms with van der Waals surface area (Å²) in [5, 5.41) is 10.3. The monoisotopic (exact) mass is 464 g/mol. The van der Waals surface area contributed by atoms with Gasteiger partial charge in [0.25, 0.3) is 0 Å². The van der Waals surface area contributed by atoms with Crippen LogP contribution >= 0.6 is 11.8 Å². The Morgan fingerprint density at radius 2 is 1.64 bits per heavy atom. The molecule has 0 bridgehead atoms. The molecule has 3 aromatic rings. The molecular formula is C28H36N2O2S. The minimum atomic E-state index is -0.206. The Kier molecular flexibility index (Phi) is 10.3. The van der Waals surface area contributed by atoms with Crippen molar-refractivity contribution in [2.75, 3.05) is 13.2 Å². The van der Waals surface area contributed by atoms with Crippen LogP contribution in [0.25, 0.3) is 0 Å². The predicted octanol–water partition coefficient (Wildman–Crippen LogP) is 6.87. The van der Waals surface area contributed by atoms with Crippen LogP contribution in [0.2, 0.25) is 0 Å². The van der Waals surface area contributed by atoms with Crippen molar-refractivity contribution >= 4 is 11.8 Å². The molecule has 0 aliphatic carbocycles. The van der Waals surface area contributed by atoms with Crippen molar-refractivity contribution in [2.24, 2.45) is 5.73 Å². The van der Waals surface area contributed by atoms with E-state index in [1.807, 2.05) is 49.0 Å². The fourth-order valence-electron chi connectivity index (χ4n) is 4.20. The lowest BCUT2D eigenvalue weighted by Gasteiger charge is -2.28. The number of hydrogen-bond donors (Lipinski definition) is 3. The first kappa shape index (κ1) is 25.3. The zero-order chi connectivity index (χ0) is 23.5. The molecule has 0 fully saturated rings. The van der Waals surface area contributed by atoms with Crippen molar-refractivity contribution in [2.45, 2.75) is 55.2 Å². The lowest BCUT2D eigenvalue weighted by molar-refractivity contribution is 0.112. The van der Waals surface area contributed by atoms with Gasteiger partial charge in [-0.15, -0.1) is 11.8 Å². The largest absolute Gasteiger partial charge is 0.494 e. The Morgan fingerprint density at radius 1 is 0.939 bits per heavy atom. The van der Waals surface area contributed by atoms with E-state index in [2.05, 4.69) is 60.9 Å². The van der Waals surface area contributed by atoms with E-state index in [0.717, 1.165) is 17.9 Å². The van der Waals surface area contributed by atoms with Crippen LogP contribution in [0.5, 0.6) is 5.75 Å². The third kappa shape index (κ3) is 6.61. The van der Waals surface area contributed by atoms with E-state index >= 15 is 0 Å². The zero-order valence-electron chi connectivity index (χ0n) is 19.6. The van der Waals surface area contributed by atoms with E-state index < -0.39 is 0 Å². The van der Waals surface area contributed by atoms with Crippen LogP contribution in [0.1, 0.15) is 67.0 Å². The molecular weight excluding hydrogens is 428 g/mol. The van der Waals surface area contributed by atoms with Gasteiger partial charge in [0.15, 0.2) is 0 Å². The number of hydrogen-bond acceptors (Lipinski definition) is 5. The van der Waals surface area contributed by atoms with Crippen molar-refractivity contribution < 1.29 is 9.94 Å². The minimum absolute atomic E-state index is 0.122. The van der Waals surface area contributed by atoms with Gasteiger partial charge in [0, 0.05) is 16.1 Å². The molecule has 5 heteroatoms. The standard InChI is InChI=1S/C23H23NO2S.C5H13N/c1-2-26-18-14-12-16(13-15-18)22(24-25)21-19-10-6-7-11-20(19)27-23(21)17-8-4-3-5-9-17;1-2-3-4-5-6/h3-15,21-25H,2H2,1H3;2-6H2,1H3. The summed E-state index contributed by atoms with van der Waals surface area (Å²) in [4.78, 5) is 1.28. The SMILES string of the molecule is CCCCCN.CCOc1ccc(C(NO)C2c3ccccc3SC2c2ccccc2)cc1. The number of benzene rings is 3. The third-order valence-electron chi connectivity index (χ3n) is 5.84. The number of rotatable bonds is 9. The molecule has 0 spiro atoms. The molecule has 0 amide bonds. The van der Waals surface area contributed by atoms with Crippen molar-refractivity contribution in [1.82, 2.24) is 5.48 Å². The van der Waals surface area contributed by atoms with Gasteiger partial charge in [-0.2, -0.15) is 5.48 Å². The number of ether oxygens (including phenoxy) is 1. The van der Waals surface area contributed by atoms with Crippen LogP contribution in [0.3, 0.4) is 0 Å². The Labute approximate surface area is 202 Å². The third-order valence-corrected chi connectivity index (χ3v) is 7.29. The molecule has 4 N–H and O–H groups in total. The van der Waals surface area contributed by atoms with Gasteiger partial charge < -0.3 is 15.7 Å². The normalized spacial score (nSPS) is 17.6. The van der Waals surface area contributed by atoms with Gasteiger partial charge in [-0.3, -0.25) is 0 Å². The van der Waals surface area contributed by atoms with Crippen LogP contribution in [0.15, 0.2) is 83.8 Å². The molecule has 3 aromatic carbocycles. The first-order chi connectivity index (χ1) is 16.2. The summed E-state index contributed by atoms with van der Waals surface area (Å²) in [5.74, 6) is 0.968. The molecule has 176 valence electrons. The van der Waals surface area contributed by atoms with Crippen molar-refractivity contribution in [1.29, 1.82) is 0 Å². The summed E-state index contributed by atoms with van der Waals surface area (Å²) in [6.07, 6.45) is 3.75. The van der Waals surface area contributed by atoms with Crippen LogP contribution in [0.4, 0.5) is 0 Å². The molecule has 1 aliphatic rings. The molecule has 1 heterocycles. The highest BCUT2D eigenvalue weighted by atomic mass is 32.2. The Hall–Kier alpha value is -2.31. The summed E-state index contributed by atoms with van der Waals surface area (Å²) in [7, 11) is 0. The average molecular weight is 465 g/mol. The lowest BCUT2D eigenvalue weighted by atomic mass is 9.83. The Morgan fingerprint density at radius 3 is 2.24 bits per heavy atom. The molecule has 0 aromatic heterocycles. The van der Waals surface area contributed by atoms with Gasteiger partial charge in [0.1, 0.15) is 5.75 Å². The van der Waals surface area contributed by atoms with E-state index in [0.29, 0.717) is 6.61 Å². The van der Waals surface area contributed by atoms with E-state index in [-0.39, 0.29) is 17.2 Å². The number of nitrogens with one attached hydrogen (secondary N) is 1. The average Bonchev–Trinajstić information content (AvgIpc) is 3.25. The summed E-state index contributed by atoms with van der Waals surface area (Å²) in [6.45, 7) is 5.65. The number of unbranched alkanes of at least 4 members (excludes halogenated alkanes) is 2. The maximum atomic E-state index is 10.1. The second-order valence-electron chi connectivity index (χ2n) is 8.12. The summed E-state index contributed by atoms with van der Waals surface area (Å²) in [6, 6.07) is 26.8. The van der Waals surface area contributed by atoms with Crippen LogP contribution in [-0.4, -0.2) is 18.4 Å². The van der Waals surface area contributed by atoms with Gasteiger partial charge in [-0.25, -0.2) is 0 Å². The number of thioether (sulfide) groups is 1. The van der Waals surface area contributed by atoms with Gasteiger partial charge in [0.2, 0.25) is 0 Å². The highest BCUT2D eigenvalue weighted by Gasteiger charge is 2.39. The first-order valence-electron chi connectivity index (χ1n) is 11.9. The summed E-state index contributed by atoms with van der Waals surface area (Å²) < 4.78 is 5.56. The molecule has 33 heavy (non-hydrogen) atoms. The van der Waals surface area contributed by atoms with Crippen LogP contribution in [0, 0.1) is 0 Å². The fourth-order valence-corrected chi connectivity index (χ4v) is 5.72. The molecule has 4 rings (SSSR count). The lowest BCUT2D eigenvalue weighted by Crippen LogP contribution is -2.26. The van der Waals surface area contributed by atoms with Crippen molar-refractivity contribution in [3.8, 4) is 5.75 Å². The van der Waals surface area contributed by atoms with E-state index in [4.69, 9.17) is 10.5 Å². The number of fused-ring (bicyclic) bond motifs is 1. The highest BCUT2D eigenvalue weighted by molar-refractivity contribution is 8.00. The highest BCUT2D eigenvalue weighted by Crippen LogP contribution is 2.58. The first-order valence-corrected chi connectivity index (χ1v) is 12.7. The smallest absolute Gasteiger partial charge is 0.119 e. The van der Waals surface area contributed by atoms with Gasteiger partial charge in [0.05, 0.1) is 12.6 Å². The molecule has 3 unspecified atom stereocenters. The number of nitrogens with two attached hydrogens (primary N) is 1. The van der Waals surface area contributed by atoms with Crippen LogP contribution in [-0.2, 0) is 0 Å². The predicted molar refractivity (Wildman–Crippen MR) is 138 cm³/mol. The molecule has 0 radical (unpaired) electrons. The second-order valence-corrected chi connectivity index (χ2v) is 9.30. The number of hydroxylamine groups is 1. The fraction of sp³-hybridized carbons (Fsp3) is 0.357. The maximum absolute atomic E-state index is 10.1. The summed E-state index contributed by atoms with van der Waals surface area (Å²) in [5.41, 5.74) is 11.4. The van der Waals surface area contributed by atoms with Crippen molar-refractivity contribution in [3.63, 3.8) is 0 Å². The van der Waals surface area contributed by atoms with Gasteiger partial charge in [-0.05, 0) is 54.8 Å². The molecule has 4 nitrogen and oxygen atoms in total. The van der Waals surface area contributed by atoms with E-state index in [1.54, 1.807) is 0 Å². The molecule has 0 saturated carbocycles. The Bertz CT molecular complexity index is 946. The zero-order valence-corrected chi connectivity index (χ0v) is 20.4. The minimum Gasteiger partial charge on any atom is -0.494 e.